The van der Waals surface area contributed by atoms with Crippen LogP contribution in [0.5, 0.6) is 46.0 Å². The van der Waals surface area contributed by atoms with Crippen molar-refractivity contribution in [2.45, 2.75) is 95.7 Å². The Balaban J connectivity index is 0.000000151. The fourth-order valence-electron chi connectivity index (χ4n) is 16.6. The molecule has 2 aliphatic rings. The van der Waals surface area contributed by atoms with Crippen molar-refractivity contribution in [3.8, 4) is 91.0 Å². The van der Waals surface area contributed by atoms with Crippen molar-refractivity contribution >= 4 is 104 Å². The minimum atomic E-state index is -0.948. The van der Waals surface area contributed by atoms with Gasteiger partial charge in [-0.2, -0.15) is 33.9 Å². The molecule has 0 saturated carbocycles. The summed E-state index contributed by atoms with van der Waals surface area (Å²) in [5.74, 6) is 5.08. The minimum absolute atomic E-state index is 0. The van der Waals surface area contributed by atoms with E-state index in [1.165, 1.54) is 0 Å². The number of methoxy groups -OCH3 is 8. The smallest absolute Gasteiger partial charge is 0.410 e. The van der Waals surface area contributed by atoms with Crippen LogP contribution in [0, 0.1) is 0 Å². The molecule has 10 heterocycles. The van der Waals surface area contributed by atoms with Crippen LogP contribution in [0.1, 0.15) is 82.6 Å². The highest BCUT2D eigenvalue weighted by atomic mass is 32.1. The molecule has 4 atom stereocenters. The molecule has 742 valence electrons. The largest absolute Gasteiger partial charge is 0.497 e. The average Bonchev–Trinajstić information content (AvgIpc) is 1.45. The number of ether oxygens (including phenoxy) is 10. The van der Waals surface area contributed by atoms with Gasteiger partial charge in [0.05, 0.1) is 205 Å². The van der Waals surface area contributed by atoms with Gasteiger partial charge in [0.25, 0.3) is 0 Å². The number of carbonyl (C=O) groups is 2. The molecule has 8 aromatic heterocycles. The van der Waals surface area contributed by atoms with Gasteiger partial charge in [0.1, 0.15) is 64.4 Å². The lowest BCUT2D eigenvalue weighted by Crippen LogP contribution is -2.44. The number of amides is 2. The first-order chi connectivity index (χ1) is 68.3. The van der Waals surface area contributed by atoms with Crippen molar-refractivity contribution in [2.24, 2.45) is 14.1 Å². The molecule has 2 saturated heterocycles. The molecule has 0 radical (unpaired) electrons. The van der Waals surface area contributed by atoms with Crippen LogP contribution in [0.25, 0.3) is 89.2 Å². The number of nitrogens with one attached hydrogen (secondary N) is 1. The van der Waals surface area contributed by atoms with E-state index in [-0.39, 0.29) is 76.6 Å². The Kier molecular flexibility index (Phi) is 34.3. The zero-order valence-corrected chi connectivity index (χ0v) is 82.8. The molecule has 38 heteroatoms. The van der Waals surface area contributed by atoms with Gasteiger partial charge in [-0.25, -0.2) is 29.4 Å². The van der Waals surface area contributed by atoms with E-state index < -0.39 is 11.7 Å². The van der Waals surface area contributed by atoms with Crippen LogP contribution in [0.15, 0.2) is 220 Å². The molecule has 5 N–H and O–H groups in total. The summed E-state index contributed by atoms with van der Waals surface area (Å²) in [5.41, 5.74) is 18.7. The molecule has 3 unspecified atom stereocenters. The van der Waals surface area contributed by atoms with E-state index in [1.807, 2.05) is 212 Å². The third-order valence-electron chi connectivity index (χ3n) is 23.8. The Morgan fingerprint density at radius 3 is 1.31 bits per heavy atom. The fraction of sp³-hybridized carbons (Fsp3) is 0.327. The molecule has 2 amide bonds. The second kappa shape index (κ2) is 47.5. The number of aromatic nitrogens is 16. The summed E-state index contributed by atoms with van der Waals surface area (Å²) in [6, 6.07) is 46.1. The lowest BCUT2D eigenvalue weighted by molar-refractivity contribution is -0.121. The van der Waals surface area contributed by atoms with Crippen LogP contribution in [-0.2, 0) is 34.9 Å². The SMILES string of the molecule is CNC(=O)Cn1cc(-c2cnc3ccc(C(CCO)c4cc(OC)cc(OC)c4)cc3n2)cn1.COc1cc(OC)cc(N(CC(O)CO)c2ccc3ncc(-c4cnn(C)c4)nc3c2)c1.COc1cc(OC)cc(N(CCO)c2ccc3ncc(-c4cnn(C5CCCCO5)c4)nc3c2)c1.COc1cc(OC)cc(N(C[C@H]2CCCN2C(=O)OC(C)(C)C)c2ccc3ncc(-c4cnn(C)c4)nc3c2)c1.S. The second-order valence-corrected chi connectivity index (χ2v) is 34.5. The van der Waals surface area contributed by atoms with E-state index >= 15 is 0 Å². The molecule has 8 aromatic carbocycles. The van der Waals surface area contributed by atoms with E-state index in [1.54, 1.807) is 140 Å². The van der Waals surface area contributed by atoms with Gasteiger partial charge in [-0.05, 0) is 149 Å². The van der Waals surface area contributed by atoms with Gasteiger partial charge in [0.15, 0.2) is 0 Å². The number of aryl methyl sites for hydroxylation is 2. The molecule has 16 aromatic rings. The van der Waals surface area contributed by atoms with Crippen molar-refractivity contribution in [1.82, 2.24) is 89.2 Å². The molecule has 2 fully saturated rings. The number of rotatable bonds is 32. The summed E-state index contributed by atoms with van der Waals surface area (Å²) < 4.78 is 62.2. The first-order valence-corrected chi connectivity index (χ1v) is 46.1. The molecule has 0 aliphatic carbocycles. The fourth-order valence-corrected chi connectivity index (χ4v) is 16.6. The average molecular weight is 1950 g/mol. The first-order valence-electron chi connectivity index (χ1n) is 46.1. The molecule has 0 spiro atoms. The maximum absolute atomic E-state index is 13.1. The lowest BCUT2D eigenvalue weighted by atomic mass is 9.88. The highest BCUT2D eigenvalue weighted by Gasteiger charge is 2.35. The van der Waals surface area contributed by atoms with Gasteiger partial charge >= 0.3 is 6.09 Å². The standard InChI is InChI=1S/C30H36N6O4.C26H29N5O4.C25H27N5O4.C23H25N5O4.H2S/c1-30(2,3)40-29(37)35-11-7-8-22(35)19-36(23-12-24(38-5)15-25(13-23)39-6)21-9-10-26-27(14-21)33-28(17-31-26)20-16-32-34(4)18-20;1-33-21-11-20(12-22(14-21)34-2)30(8-9-32)19-6-7-23-24(13-19)29-25(16-27-23)18-15-28-31(17-18)26-5-3-4-10-35-26;1-26-25(32)15-30-14-18(12-28-30)24-13-27-22-5-4-16(10-23(22)29-24)21(6-7-31)17-8-19(33-2)11-20(9-17)34-3;1-27-12-15(10-25-27)23-11-24-21-5-4-16(8-22(21)26-23)28(13-18(30)14-29)17-6-19(31-2)9-20(7-17)32-3;/h9-10,12-18,22H,7-8,11,19H2,1-6H3;6-7,11-17,26,32H,3-5,8-10H2,1-2H3;4-5,8-14,21,31H,6-7,15H2,1-3H3,(H,26,32);4-12,18,29-30H,13-14H2,1-3H3;1H2/t22-;;;;/m1..../s1. The molecule has 18 rings (SSSR count). The summed E-state index contributed by atoms with van der Waals surface area (Å²) in [6.45, 7) is 7.97. The van der Waals surface area contributed by atoms with Crippen molar-refractivity contribution in [2.75, 3.05) is 131 Å². The predicted octanol–water partition coefficient (Wildman–Crippen LogP) is 15.3. The van der Waals surface area contributed by atoms with Crippen LogP contribution >= 0.6 is 13.5 Å². The third-order valence-corrected chi connectivity index (χ3v) is 23.8. The Hall–Kier alpha value is -15.4. The number of carbonyl (C=O) groups excluding carboxylic acids is 2. The number of benzene rings is 8. The maximum Gasteiger partial charge on any atom is 0.410 e. The van der Waals surface area contributed by atoms with Crippen LogP contribution in [0.3, 0.4) is 0 Å². The highest BCUT2D eigenvalue weighted by molar-refractivity contribution is 7.59. The van der Waals surface area contributed by atoms with Crippen molar-refractivity contribution in [3.63, 3.8) is 0 Å². The number of aliphatic hydroxyl groups excluding tert-OH is 4. The number of likely N-dealkylation sites (tertiary alicyclic amines) is 1. The van der Waals surface area contributed by atoms with E-state index in [2.05, 4.69) is 50.5 Å². The maximum atomic E-state index is 13.1. The molecule has 0 bridgehead atoms. The summed E-state index contributed by atoms with van der Waals surface area (Å²) >= 11 is 0. The summed E-state index contributed by atoms with van der Waals surface area (Å²) in [6.07, 6.45) is 25.7. The number of nitrogens with zero attached hydrogens (tertiary/aromatic N) is 20. The number of likely N-dealkylation sites (N-methyl/N-ethyl adjacent to an activating group) is 1. The predicted molar refractivity (Wildman–Crippen MR) is 547 cm³/mol. The van der Waals surface area contributed by atoms with Crippen LogP contribution in [0.2, 0.25) is 0 Å². The summed E-state index contributed by atoms with van der Waals surface area (Å²) in [4.78, 5) is 70.3. The number of aliphatic hydroxyl groups is 4. The van der Waals surface area contributed by atoms with E-state index in [9.17, 15) is 30.0 Å². The van der Waals surface area contributed by atoms with Crippen LogP contribution in [0.4, 0.5) is 38.9 Å². The molecule has 142 heavy (non-hydrogen) atoms. The van der Waals surface area contributed by atoms with Crippen molar-refractivity contribution in [1.29, 1.82) is 0 Å². The zero-order chi connectivity index (χ0) is 99.4. The van der Waals surface area contributed by atoms with Gasteiger partial charge < -0.3 is 92.7 Å². The van der Waals surface area contributed by atoms with E-state index in [4.69, 9.17) is 67.3 Å². The highest BCUT2D eigenvalue weighted by Crippen LogP contribution is 2.42. The quantitative estimate of drug-likeness (QED) is 0.0261. The number of hydrogen-bond donors (Lipinski definition) is 5. The monoisotopic (exact) mass is 1950 g/mol. The zero-order valence-electron chi connectivity index (χ0n) is 81.8. The number of anilines is 6. The lowest BCUT2D eigenvalue weighted by Gasteiger charge is -2.33. The Morgan fingerprint density at radius 1 is 0.458 bits per heavy atom. The minimum Gasteiger partial charge on any atom is -0.497 e. The molecule has 2 aliphatic heterocycles. The van der Waals surface area contributed by atoms with Crippen LogP contribution < -0.4 is 57.9 Å². The van der Waals surface area contributed by atoms with Gasteiger partial charge in [0.2, 0.25) is 5.91 Å². The summed E-state index contributed by atoms with van der Waals surface area (Å²) in [5, 5.41) is 59.0. The van der Waals surface area contributed by atoms with Crippen molar-refractivity contribution in [3.05, 3.63) is 231 Å². The van der Waals surface area contributed by atoms with Crippen molar-refractivity contribution < 1.29 is 77.4 Å². The van der Waals surface area contributed by atoms with Gasteiger partial charge in [-0.1, -0.05) is 6.07 Å². The second-order valence-electron chi connectivity index (χ2n) is 34.5. The van der Waals surface area contributed by atoms with E-state index in [0.29, 0.717) is 89.0 Å². The number of hydrogen-bond acceptors (Lipinski definition) is 31. The third kappa shape index (κ3) is 25.5. The van der Waals surface area contributed by atoms with Gasteiger partial charge in [0, 0.05) is 202 Å². The van der Waals surface area contributed by atoms with E-state index in [0.717, 1.165) is 156 Å². The summed E-state index contributed by atoms with van der Waals surface area (Å²) in [7, 11) is 18.2. The first kappa shape index (κ1) is 103. The van der Waals surface area contributed by atoms with Gasteiger partial charge in [-0.3, -0.25) is 38.8 Å². The van der Waals surface area contributed by atoms with Gasteiger partial charge in [-0.15, -0.1) is 0 Å². The Morgan fingerprint density at radius 2 is 0.880 bits per heavy atom. The van der Waals surface area contributed by atoms with Crippen LogP contribution in [-0.4, -0.2) is 251 Å². The molecule has 37 nitrogen and oxygen atoms in total. The Labute approximate surface area is 829 Å². The number of fused-ring (bicyclic) bond motifs is 4. The molecular weight excluding hydrogens is 1830 g/mol. The normalized spacial score (nSPS) is 13.8. The molecular formula is C104H119N21O16S. The topological polar surface area (TPSA) is 407 Å². The Bertz CT molecular complexity index is 6900.